The summed E-state index contributed by atoms with van der Waals surface area (Å²) in [6, 6.07) is 1.69. The summed E-state index contributed by atoms with van der Waals surface area (Å²) in [5, 5.41) is 0.523. The van der Waals surface area contributed by atoms with Crippen LogP contribution in [0.15, 0.2) is 35.0 Å². The first-order chi connectivity index (χ1) is 11.5. The average molecular weight is 462 g/mol. The van der Waals surface area contributed by atoms with Gasteiger partial charge in [-0.3, -0.25) is 4.98 Å². The minimum atomic E-state index is -0.531. The minimum absolute atomic E-state index is 0.128. The van der Waals surface area contributed by atoms with Crippen molar-refractivity contribution in [2.24, 2.45) is 4.99 Å². The molecule has 0 aromatic carbocycles. The van der Waals surface area contributed by atoms with Crippen molar-refractivity contribution < 1.29 is 9.13 Å². The Morgan fingerprint density at radius 3 is 2.83 bits per heavy atom. The summed E-state index contributed by atoms with van der Waals surface area (Å²) in [6.45, 7) is 5.22. The lowest BCUT2D eigenvalue weighted by atomic mass is 9.94. The molecule has 0 radical (unpaired) electrons. The number of pyridine rings is 1. The Kier molecular flexibility index (Phi) is 5.89. The molecule has 1 unspecified atom stereocenters. The molecule has 2 heterocycles. The van der Waals surface area contributed by atoms with Crippen LogP contribution in [0.25, 0.3) is 0 Å². The molecule has 4 nitrogen and oxygen atoms in total. The van der Waals surface area contributed by atoms with Crippen LogP contribution in [-0.4, -0.2) is 40.2 Å². The minimum Gasteiger partial charge on any atom is -0.378 e. The molecule has 7 heteroatoms. The third-order valence-corrected chi connectivity index (χ3v) is 4.72. The van der Waals surface area contributed by atoms with Crippen molar-refractivity contribution >= 4 is 43.9 Å². The van der Waals surface area contributed by atoms with Gasteiger partial charge in [0, 0.05) is 47.3 Å². The predicted molar refractivity (Wildman–Crippen MR) is 103 cm³/mol. The van der Waals surface area contributed by atoms with E-state index in [1.807, 2.05) is 6.92 Å². The van der Waals surface area contributed by atoms with E-state index in [1.54, 1.807) is 6.07 Å². The van der Waals surface area contributed by atoms with E-state index >= 15 is 0 Å². The maximum atomic E-state index is 13.0. The van der Waals surface area contributed by atoms with Gasteiger partial charge >= 0.3 is 0 Å². The Balaban J connectivity index is 1.77. The molecule has 1 aliphatic heterocycles. The topological polar surface area (TPSA) is 37.7 Å². The third-order valence-electron chi connectivity index (χ3n) is 4.18. The third kappa shape index (κ3) is 4.15. The van der Waals surface area contributed by atoms with Gasteiger partial charge in [0.05, 0.1) is 35.3 Å². The number of morpholine rings is 1. The Morgan fingerprint density at radius 2 is 2.21 bits per heavy atom. The van der Waals surface area contributed by atoms with Gasteiger partial charge in [-0.05, 0) is 25.5 Å². The van der Waals surface area contributed by atoms with Crippen LogP contribution < -0.4 is 0 Å². The van der Waals surface area contributed by atoms with Gasteiger partial charge in [-0.25, -0.2) is 4.99 Å². The average Bonchev–Trinajstić information content (AvgIpc) is 2.58. The van der Waals surface area contributed by atoms with Crippen molar-refractivity contribution in [2.45, 2.75) is 19.3 Å². The monoisotopic (exact) mass is 461 g/mol. The molecule has 0 N–H and O–H groups in total. The number of hydrogen-bond donors (Lipinski definition) is 0. The van der Waals surface area contributed by atoms with Crippen LogP contribution in [0.2, 0.25) is 5.02 Å². The summed E-state index contributed by atoms with van der Waals surface area (Å²) in [5.41, 5.74) is 3.20. The smallest absolute Gasteiger partial charge is 0.250 e. The van der Waals surface area contributed by atoms with E-state index in [4.69, 9.17) is 16.3 Å². The van der Waals surface area contributed by atoms with Crippen molar-refractivity contribution in [2.75, 3.05) is 26.3 Å². The molecule has 1 aliphatic carbocycles. The van der Waals surface area contributed by atoms with Crippen LogP contribution in [-0.2, 0) is 4.74 Å². The molecule has 2 aliphatic rings. The Morgan fingerprint density at radius 1 is 1.46 bits per heavy atom. The maximum absolute atomic E-state index is 13.0. The van der Waals surface area contributed by atoms with Gasteiger partial charge in [0.25, 0.3) is 3.97 Å². The SMILES string of the molecule is Cc1nc(C2C=CC(N3CCOCC3)=CC2)c(Cl)cc1/N=C(\F)I. The molecule has 1 aromatic rings. The fourth-order valence-corrected chi connectivity index (χ4v) is 3.47. The number of hydrogen-bond acceptors (Lipinski definition) is 4. The van der Waals surface area contributed by atoms with E-state index < -0.39 is 3.97 Å². The number of aliphatic imine (C=N–C) groups is 1. The summed E-state index contributed by atoms with van der Waals surface area (Å²) < 4.78 is 17.9. The molecular weight excluding hydrogens is 444 g/mol. The number of halogens is 3. The van der Waals surface area contributed by atoms with E-state index in [2.05, 4.69) is 33.1 Å². The van der Waals surface area contributed by atoms with E-state index in [0.29, 0.717) is 16.4 Å². The van der Waals surface area contributed by atoms with Crippen molar-refractivity contribution in [3.8, 4) is 0 Å². The summed E-state index contributed by atoms with van der Waals surface area (Å²) >= 11 is 7.89. The van der Waals surface area contributed by atoms with Gasteiger partial charge in [-0.2, -0.15) is 4.39 Å². The van der Waals surface area contributed by atoms with Crippen LogP contribution in [0.4, 0.5) is 10.1 Å². The lowest BCUT2D eigenvalue weighted by Crippen LogP contribution is -2.35. The number of rotatable bonds is 3. The zero-order valence-electron chi connectivity index (χ0n) is 13.3. The normalized spacial score (nSPS) is 21.8. The van der Waals surface area contributed by atoms with E-state index in [9.17, 15) is 4.39 Å². The lowest BCUT2D eigenvalue weighted by Gasteiger charge is -2.31. The first-order valence-corrected chi connectivity index (χ1v) is 9.28. The zero-order valence-corrected chi connectivity index (χ0v) is 16.2. The summed E-state index contributed by atoms with van der Waals surface area (Å²) in [7, 11) is 0. The molecule has 3 rings (SSSR count). The number of aromatic nitrogens is 1. The molecule has 128 valence electrons. The lowest BCUT2D eigenvalue weighted by molar-refractivity contribution is 0.0551. The Labute approximate surface area is 159 Å². The van der Waals surface area contributed by atoms with Crippen molar-refractivity contribution in [3.05, 3.63) is 46.4 Å². The number of aryl methyl sites for hydroxylation is 1. The molecule has 1 atom stereocenters. The van der Waals surface area contributed by atoms with Crippen LogP contribution in [0.3, 0.4) is 0 Å². The molecule has 0 amide bonds. The van der Waals surface area contributed by atoms with Crippen LogP contribution in [0.5, 0.6) is 0 Å². The number of nitrogens with zero attached hydrogens (tertiary/aromatic N) is 3. The highest BCUT2D eigenvalue weighted by atomic mass is 127. The van der Waals surface area contributed by atoms with Gasteiger partial charge in [0.1, 0.15) is 0 Å². The van der Waals surface area contributed by atoms with Gasteiger partial charge in [-0.15, -0.1) is 0 Å². The molecule has 0 saturated carbocycles. The van der Waals surface area contributed by atoms with Crippen LogP contribution in [0, 0.1) is 6.92 Å². The Hall–Kier alpha value is -0.990. The van der Waals surface area contributed by atoms with E-state index in [0.717, 1.165) is 38.4 Å². The second-order valence-electron chi connectivity index (χ2n) is 5.74. The summed E-state index contributed by atoms with van der Waals surface area (Å²) in [6.07, 6.45) is 7.34. The fraction of sp³-hybridized carbons (Fsp3) is 0.412. The molecular formula is C17H18ClFIN3O. The van der Waals surface area contributed by atoms with Gasteiger partial charge in [-0.1, -0.05) is 23.8 Å². The van der Waals surface area contributed by atoms with Crippen LogP contribution in [0.1, 0.15) is 23.7 Å². The number of ether oxygens (including phenoxy) is 1. The van der Waals surface area contributed by atoms with Gasteiger partial charge in [0.2, 0.25) is 0 Å². The molecule has 1 saturated heterocycles. The molecule has 1 aromatic heterocycles. The summed E-state index contributed by atoms with van der Waals surface area (Å²) in [5.74, 6) is 0.128. The van der Waals surface area contributed by atoms with Crippen molar-refractivity contribution in [1.29, 1.82) is 0 Å². The second kappa shape index (κ2) is 7.93. The highest BCUT2D eigenvalue weighted by Gasteiger charge is 2.20. The number of allylic oxidation sites excluding steroid dienone is 3. The van der Waals surface area contributed by atoms with Gasteiger partial charge in [0.15, 0.2) is 0 Å². The predicted octanol–water partition coefficient (Wildman–Crippen LogP) is 4.70. The Bertz CT molecular complexity index is 710. The fourth-order valence-electron chi connectivity index (χ4n) is 2.92. The second-order valence-corrected chi connectivity index (χ2v) is 7.04. The highest BCUT2D eigenvalue weighted by molar-refractivity contribution is 14.1. The van der Waals surface area contributed by atoms with Crippen molar-refractivity contribution in [3.63, 3.8) is 0 Å². The largest absolute Gasteiger partial charge is 0.378 e. The summed E-state index contributed by atoms with van der Waals surface area (Å²) in [4.78, 5) is 10.7. The van der Waals surface area contributed by atoms with Gasteiger partial charge < -0.3 is 9.64 Å². The molecule has 24 heavy (non-hydrogen) atoms. The molecule has 0 bridgehead atoms. The molecule has 1 fully saturated rings. The maximum Gasteiger partial charge on any atom is 0.250 e. The van der Waals surface area contributed by atoms with Crippen molar-refractivity contribution in [1.82, 2.24) is 9.88 Å². The zero-order chi connectivity index (χ0) is 17.1. The standard InChI is InChI=1S/C17H18ClFIN3O/c1-11-15(22-17(19)20)10-14(18)16(21-11)12-2-4-13(5-3-12)23-6-8-24-9-7-23/h2,4-5,10,12H,3,6-9H2,1H3/b22-17+. The highest BCUT2D eigenvalue weighted by Crippen LogP contribution is 2.34. The van der Waals surface area contributed by atoms with E-state index in [-0.39, 0.29) is 5.92 Å². The van der Waals surface area contributed by atoms with Crippen LogP contribution >= 0.6 is 34.2 Å². The first kappa shape index (κ1) is 17.8. The molecule has 0 spiro atoms. The van der Waals surface area contributed by atoms with E-state index in [1.165, 1.54) is 28.3 Å². The quantitative estimate of drug-likeness (QED) is 0.484. The first-order valence-electron chi connectivity index (χ1n) is 7.82.